The lowest BCUT2D eigenvalue weighted by Crippen LogP contribution is -2.57. The maximum atomic E-state index is 9.85. The number of aliphatic hydroxyl groups excluding tert-OH is 1. The first-order chi connectivity index (χ1) is 13.0. The third-order valence-electron chi connectivity index (χ3n) is 6.08. The summed E-state index contributed by atoms with van der Waals surface area (Å²) < 4.78 is 0. The number of hydrogen-bond donors (Lipinski definition) is 2. The Morgan fingerprint density at radius 1 is 1.19 bits per heavy atom. The molecule has 6 nitrogen and oxygen atoms in total. The Morgan fingerprint density at radius 3 is 2.67 bits per heavy atom. The van der Waals surface area contributed by atoms with Crippen LogP contribution in [0.15, 0.2) is 24.5 Å². The fraction of sp³-hybridized carbons (Fsp3) is 0.619. The van der Waals surface area contributed by atoms with E-state index in [9.17, 15) is 5.11 Å². The number of hydrogen-bond acceptors (Lipinski definition) is 5. The van der Waals surface area contributed by atoms with Crippen LogP contribution in [0.4, 0.5) is 5.82 Å². The predicted molar refractivity (Wildman–Crippen MR) is 107 cm³/mol. The summed E-state index contributed by atoms with van der Waals surface area (Å²) in [6.45, 7) is 10.5. The lowest BCUT2D eigenvalue weighted by atomic mass is 9.78. The highest BCUT2D eigenvalue weighted by Crippen LogP contribution is 2.43. The minimum atomic E-state index is -0.535. The Kier molecular flexibility index (Phi) is 4.95. The van der Waals surface area contributed by atoms with Gasteiger partial charge >= 0.3 is 0 Å². The summed E-state index contributed by atoms with van der Waals surface area (Å²) in [6, 6.07) is 5.93. The van der Waals surface area contributed by atoms with Crippen LogP contribution >= 0.6 is 0 Å². The molecular formula is C21H31N5O. The van der Waals surface area contributed by atoms with E-state index in [2.05, 4.69) is 39.7 Å². The van der Waals surface area contributed by atoms with Gasteiger partial charge in [0, 0.05) is 38.3 Å². The molecule has 1 unspecified atom stereocenters. The Balaban J connectivity index is 1.58. The van der Waals surface area contributed by atoms with E-state index < -0.39 is 6.10 Å². The molecule has 0 bridgehead atoms. The van der Waals surface area contributed by atoms with Crippen molar-refractivity contribution in [2.45, 2.75) is 51.7 Å². The van der Waals surface area contributed by atoms with Gasteiger partial charge in [-0.3, -0.25) is 4.90 Å². The number of anilines is 1. The largest absolute Gasteiger partial charge is 0.387 e. The van der Waals surface area contributed by atoms with E-state index in [1.54, 1.807) is 6.92 Å². The van der Waals surface area contributed by atoms with Gasteiger partial charge < -0.3 is 15.0 Å². The van der Waals surface area contributed by atoms with Crippen molar-refractivity contribution in [3.8, 4) is 0 Å². The number of H-pyrrole nitrogens is 1. The van der Waals surface area contributed by atoms with Gasteiger partial charge in [-0.25, -0.2) is 9.97 Å². The summed E-state index contributed by atoms with van der Waals surface area (Å²) >= 11 is 0. The number of rotatable bonds is 4. The fourth-order valence-corrected chi connectivity index (χ4v) is 4.74. The monoisotopic (exact) mass is 369 g/mol. The number of nitrogens with zero attached hydrogens (tertiary/aromatic N) is 4. The van der Waals surface area contributed by atoms with Crippen LogP contribution in [0.5, 0.6) is 0 Å². The van der Waals surface area contributed by atoms with Gasteiger partial charge in [0.15, 0.2) is 0 Å². The van der Waals surface area contributed by atoms with Gasteiger partial charge in [-0.1, -0.05) is 19.9 Å². The van der Waals surface area contributed by atoms with Crippen LogP contribution in [0.25, 0.3) is 0 Å². The molecule has 4 heterocycles. The normalized spacial score (nSPS) is 20.9. The molecule has 0 aliphatic carbocycles. The molecule has 6 heteroatoms. The molecular weight excluding hydrogens is 338 g/mol. The second-order valence-corrected chi connectivity index (χ2v) is 8.43. The van der Waals surface area contributed by atoms with Crippen molar-refractivity contribution >= 4 is 5.82 Å². The number of piperidine rings is 1. The number of fused-ring (bicyclic) bond motifs is 2. The molecule has 0 aromatic carbocycles. The van der Waals surface area contributed by atoms with Gasteiger partial charge in [-0.05, 0) is 37.8 Å². The molecule has 27 heavy (non-hydrogen) atoms. The zero-order chi connectivity index (χ0) is 19.0. The van der Waals surface area contributed by atoms with Crippen LogP contribution in [0.3, 0.4) is 0 Å². The van der Waals surface area contributed by atoms with Crippen LogP contribution in [-0.2, 0) is 12.0 Å². The number of imidazole rings is 1. The number of aliphatic hydroxyl groups is 1. The Bertz CT molecular complexity index is 776. The van der Waals surface area contributed by atoms with E-state index in [0.29, 0.717) is 5.92 Å². The van der Waals surface area contributed by atoms with Crippen LogP contribution < -0.4 is 4.90 Å². The molecule has 2 aromatic rings. The van der Waals surface area contributed by atoms with Crippen molar-refractivity contribution in [3.63, 3.8) is 0 Å². The van der Waals surface area contributed by atoms with Crippen molar-refractivity contribution in [1.82, 2.24) is 19.9 Å². The SMILES string of the molecule is CC(C)CN1CCc2[nH]cnc2C12CCN(c1cccc(C(C)O)n1)CC2. The molecule has 1 fully saturated rings. The van der Waals surface area contributed by atoms with Crippen LogP contribution in [0.1, 0.15) is 56.8 Å². The highest BCUT2D eigenvalue weighted by molar-refractivity contribution is 5.41. The quantitative estimate of drug-likeness (QED) is 0.867. The van der Waals surface area contributed by atoms with Gasteiger partial charge in [0.05, 0.1) is 29.4 Å². The predicted octanol–water partition coefficient (Wildman–Crippen LogP) is 2.87. The van der Waals surface area contributed by atoms with E-state index in [4.69, 9.17) is 4.98 Å². The van der Waals surface area contributed by atoms with Crippen molar-refractivity contribution in [2.75, 3.05) is 31.1 Å². The Hall–Kier alpha value is -1.92. The number of nitrogens with one attached hydrogen (secondary N) is 1. The summed E-state index contributed by atoms with van der Waals surface area (Å²) in [5, 5.41) is 9.85. The van der Waals surface area contributed by atoms with Crippen LogP contribution in [0, 0.1) is 5.92 Å². The third-order valence-corrected chi connectivity index (χ3v) is 6.08. The molecule has 1 saturated heterocycles. The number of aromatic nitrogens is 3. The zero-order valence-corrected chi connectivity index (χ0v) is 16.6. The Morgan fingerprint density at radius 2 is 1.96 bits per heavy atom. The minimum absolute atomic E-state index is 0.0379. The van der Waals surface area contributed by atoms with Gasteiger partial charge in [-0.15, -0.1) is 0 Å². The lowest BCUT2D eigenvalue weighted by Gasteiger charge is -2.51. The molecule has 146 valence electrons. The molecule has 2 aliphatic heterocycles. The summed E-state index contributed by atoms with van der Waals surface area (Å²) in [4.78, 5) is 17.8. The first-order valence-electron chi connectivity index (χ1n) is 10.2. The minimum Gasteiger partial charge on any atom is -0.387 e. The van der Waals surface area contributed by atoms with Crippen LogP contribution in [-0.4, -0.2) is 51.1 Å². The molecule has 2 N–H and O–H groups in total. The standard InChI is InChI=1S/C21H31N5O/c1-15(2)13-26-10-7-18-20(23-14-22-18)21(26)8-11-25(12-9-21)19-6-4-5-17(24-19)16(3)27/h4-6,14-16,27H,7-13H2,1-3H3,(H,22,23). The lowest BCUT2D eigenvalue weighted by molar-refractivity contribution is 0.0341. The molecule has 1 atom stereocenters. The third kappa shape index (κ3) is 3.36. The molecule has 0 radical (unpaired) electrons. The summed E-state index contributed by atoms with van der Waals surface area (Å²) in [6.07, 6.45) is 4.50. The van der Waals surface area contributed by atoms with Gasteiger partial charge in [0.25, 0.3) is 0 Å². The first-order valence-corrected chi connectivity index (χ1v) is 10.2. The highest BCUT2D eigenvalue weighted by atomic mass is 16.3. The topological polar surface area (TPSA) is 68.3 Å². The second-order valence-electron chi connectivity index (χ2n) is 8.43. The van der Waals surface area contributed by atoms with Gasteiger partial charge in [-0.2, -0.15) is 0 Å². The van der Waals surface area contributed by atoms with E-state index in [0.717, 1.165) is 57.0 Å². The smallest absolute Gasteiger partial charge is 0.128 e. The van der Waals surface area contributed by atoms with E-state index in [1.165, 1.54) is 11.4 Å². The zero-order valence-electron chi connectivity index (χ0n) is 16.6. The van der Waals surface area contributed by atoms with Gasteiger partial charge in [0.2, 0.25) is 0 Å². The second kappa shape index (κ2) is 7.24. The maximum Gasteiger partial charge on any atom is 0.128 e. The Labute approximate surface area is 161 Å². The summed E-state index contributed by atoms with van der Waals surface area (Å²) in [5.41, 5.74) is 3.36. The number of aromatic amines is 1. The number of pyridine rings is 1. The van der Waals surface area contributed by atoms with Gasteiger partial charge in [0.1, 0.15) is 5.82 Å². The molecule has 1 spiro atoms. The average Bonchev–Trinajstić information content (AvgIpc) is 3.14. The summed E-state index contributed by atoms with van der Waals surface area (Å²) in [5.74, 6) is 1.61. The van der Waals surface area contributed by atoms with E-state index in [1.807, 2.05) is 18.5 Å². The molecule has 0 amide bonds. The molecule has 2 aliphatic rings. The summed E-state index contributed by atoms with van der Waals surface area (Å²) in [7, 11) is 0. The van der Waals surface area contributed by atoms with Crippen LogP contribution in [0.2, 0.25) is 0 Å². The van der Waals surface area contributed by atoms with E-state index >= 15 is 0 Å². The molecule has 2 aromatic heterocycles. The van der Waals surface area contributed by atoms with Crippen molar-refractivity contribution in [3.05, 3.63) is 41.6 Å². The van der Waals surface area contributed by atoms with E-state index in [-0.39, 0.29) is 5.54 Å². The average molecular weight is 370 g/mol. The van der Waals surface area contributed by atoms with Crippen molar-refractivity contribution in [1.29, 1.82) is 0 Å². The molecule has 4 rings (SSSR count). The maximum absolute atomic E-state index is 9.85. The first kappa shape index (κ1) is 18.4. The molecule has 0 saturated carbocycles. The highest BCUT2D eigenvalue weighted by Gasteiger charge is 2.46. The van der Waals surface area contributed by atoms with Crippen molar-refractivity contribution < 1.29 is 5.11 Å². The van der Waals surface area contributed by atoms with Crippen molar-refractivity contribution in [2.24, 2.45) is 5.92 Å². The fourth-order valence-electron chi connectivity index (χ4n) is 4.74.